The van der Waals surface area contributed by atoms with Crippen LogP contribution in [0.3, 0.4) is 0 Å². The average molecular weight is 265 g/mol. The molecule has 1 saturated heterocycles. The molecule has 1 aliphatic rings. The van der Waals surface area contributed by atoms with E-state index in [1.165, 1.54) is 12.1 Å². The van der Waals surface area contributed by atoms with Gasteiger partial charge in [0.05, 0.1) is 19.3 Å². The number of aliphatic hydroxyl groups excluding tert-OH is 1. The minimum absolute atomic E-state index is 0.0604. The summed E-state index contributed by atoms with van der Waals surface area (Å²) in [6, 6.07) is 6.77. The van der Waals surface area contributed by atoms with Gasteiger partial charge in [0.1, 0.15) is 5.82 Å². The van der Waals surface area contributed by atoms with E-state index in [-0.39, 0.29) is 18.5 Å². The standard InChI is InChI=1S/C15H20FNO2/c1-12-11-19-15(10-18)9-17(12)8-2-3-13-4-6-14(16)7-5-13/h2-7,12,15,18H,8-11H2,1H3/b3-2+/t12-,15+/m1/s1. The van der Waals surface area contributed by atoms with Crippen LogP contribution in [-0.2, 0) is 4.74 Å². The second kappa shape index (κ2) is 6.80. The minimum atomic E-state index is -0.218. The van der Waals surface area contributed by atoms with Crippen molar-refractivity contribution in [3.05, 3.63) is 41.7 Å². The average Bonchev–Trinajstić information content (AvgIpc) is 2.43. The van der Waals surface area contributed by atoms with E-state index >= 15 is 0 Å². The van der Waals surface area contributed by atoms with Crippen LogP contribution in [0.25, 0.3) is 6.08 Å². The Morgan fingerprint density at radius 3 is 2.84 bits per heavy atom. The summed E-state index contributed by atoms with van der Waals surface area (Å²) in [6.45, 7) is 4.36. The van der Waals surface area contributed by atoms with E-state index in [0.29, 0.717) is 12.6 Å². The van der Waals surface area contributed by atoms with Crippen molar-refractivity contribution in [3.8, 4) is 0 Å². The number of rotatable bonds is 4. The Labute approximate surface area is 113 Å². The van der Waals surface area contributed by atoms with Gasteiger partial charge >= 0.3 is 0 Å². The Hall–Kier alpha value is -1.23. The lowest BCUT2D eigenvalue weighted by Gasteiger charge is -2.36. The Morgan fingerprint density at radius 1 is 1.42 bits per heavy atom. The molecule has 19 heavy (non-hydrogen) atoms. The van der Waals surface area contributed by atoms with Crippen molar-refractivity contribution in [1.29, 1.82) is 0 Å². The molecule has 4 heteroatoms. The summed E-state index contributed by atoms with van der Waals surface area (Å²) in [4.78, 5) is 2.27. The Balaban J connectivity index is 1.88. The Kier molecular flexibility index (Phi) is 5.07. The molecule has 0 aliphatic carbocycles. The second-order valence-corrected chi connectivity index (χ2v) is 4.89. The molecular weight excluding hydrogens is 245 g/mol. The topological polar surface area (TPSA) is 32.7 Å². The molecule has 104 valence electrons. The third kappa shape index (κ3) is 4.13. The Bertz CT molecular complexity index is 419. The van der Waals surface area contributed by atoms with Crippen LogP contribution in [0.5, 0.6) is 0 Å². The minimum Gasteiger partial charge on any atom is -0.394 e. The summed E-state index contributed by atoms with van der Waals surface area (Å²) >= 11 is 0. The van der Waals surface area contributed by atoms with Crippen molar-refractivity contribution < 1.29 is 14.2 Å². The number of ether oxygens (including phenoxy) is 1. The molecule has 1 heterocycles. The zero-order chi connectivity index (χ0) is 13.7. The third-order valence-corrected chi connectivity index (χ3v) is 3.36. The molecule has 0 aromatic heterocycles. The Morgan fingerprint density at radius 2 is 2.16 bits per heavy atom. The number of morpholine rings is 1. The lowest BCUT2D eigenvalue weighted by Crippen LogP contribution is -2.49. The third-order valence-electron chi connectivity index (χ3n) is 3.36. The van der Waals surface area contributed by atoms with Gasteiger partial charge in [-0.2, -0.15) is 0 Å². The first-order chi connectivity index (χ1) is 9.19. The van der Waals surface area contributed by atoms with Crippen LogP contribution in [0.15, 0.2) is 30.3 Å². The molecular formula is C15H20FNO2. The highest BCUT2D eigenvalue weighted by Gasteiger charge is 2.24. The predicted molar refractivity (Wildman–Crippen MR) is 73.3 cm³/mol. The van der Waals surface area contributed by atoms with Crippen molar-refractivity contribution >= 4 is 6.08 Å². The van der Waals surface area contributed by atoms with Crippen molar-refractivity contribution in [3.63, 3.8) is 0 Å². The lowest BCUT2D eigenvalue weighted by molar-refractivity contribution is -0.0741. The van der Waals surface area contributed by atoms with Crippen LogP contribution in [0.4, 0.5) is 4.39 Å². The highest BCUT2D eigenvalue weighted by molar-refractivity contribution is 5.48. The molecule has 1 aromatic carbocycles. The van der Waals surface area contributed by atoms with Gasteiger partial charge in [0.2, 0.25) is 0 Å². The maximum absolute atomic E-state index is 12.8. The van der Waals surface area contributed by atoms with Crippen LogP contribution in [0.2, 0.25) is 0 Å². The van der Waals surface area contributed by atoms with E-state index in [9.17, 15) is 4.39 Å². The molecule has 1 aliphatic heterocycles. The first kappa shape index (κ1) is 14.2. The monoisotopic (exact) mass is 265 g/mol. The fourth-order valence-electron chi connectivity index (χ4n) is 2.14. The molecule has 1 fully saturated rings. The van der Waals surface area contributed by atoms with Gasteiger partial charge in [0, 0.05) is 19.1 Å². The van der Waals surface area contributed by atoms with Crippen molar-refractivity contribution in [1.82, 2.24) is 4.90 Å². The predicted octanol–water partition coefficient (Wildman–Crippen LogP) is 1.92. The zero-order valence-electron chi connectivity index (χ0n) is 11.1. The van der Waals surface area contributed by atoms with E-state index in [1.807, 2.05) is 6.08 Å². The van der Waals surface area contributed by atoms with Gasteiger partial charge in [-0.3, -0.25) is 4.90 Å². The summed E-state index contributed by atoms with van der Waals surface area (Å²) in [5.74, 6) is -0.218. The van der Waals surface area contributed by atoms with Gasteiger partial charge in [-0.05, 0) is 24.6 Å². The number of nitrogens with zero attached hydrogens (tertiary/aromatic N) is 1. The second-order valence-electron chi connectivity index (χ2n) is 4.89. The highest BCUT2D eigenvalue weighted by atomic mass is 19.1. The summed E-state index contributed by atoms with van der Waals surface area (Å²) in [7, 11) is 0. The van der Waals surface area contributed by atoms with E-state index in [2.05, 4.69) is 17.9 Å². The largest absolute Gasteiger partial charge is 0.394 e. The maximum Gasteiger partial charge on any atom is 0.123 e. The highest BCUT2D eigenvalue weighted by Crippen LogP contribution is 2.12. The lowest BCUT2D eigenvalue weighted by atomic mass is 10.1. The molecule has 0 radical (unpaired) electrons. The molecule has 0 spiro atoms. The molecule has 2 rings (SSSR count). The smallest absolute Gasteiger partial charge is 0.123 e. The SMILES string of the molecule is C[C@@H]1CO[C@H](CO)CN1C/C=C/c1ccc(F)cc1. The maximum atomic E-state index is 12.8. The number of halogens is 1. The summed E-state index contributed by atoms with van der Waals surface area (Å²) < 4.78 is 18.3. The summed E-state index contributed by atoms with van der Waals surface area (Å²) in [5, 5.41) is 9.12. The number of benzene rings is 1. The summed E-state index contributed by atoms with van der Waals surface area (Å²) in [6.07, 6.45) is 3.95. The molecule has 3 nitrogen and oxygen atoms in total. The van der Waals surface area contributed by atoms with Crippen LogP contribution < -0.4 is 0 Å². The zero-order valence-corrected chi connectivity index (χ0v) is 11.1. The van der Waals surface area contributed by atoms with Crippen LogP contribution in [0.1, 0.15) is 12.5 Å². The molecule has 0 amide bonds. The van der Waals surface area contributed by atoms with Crippen molar-refractivity contribution in [2.75, 3.05) is 26.3 Å². The number of hydrogen-bond donors (Lipinski definition) is 1. The molecule has 0 unspecified atom stereocenters. The molecule has 0 saturated carbocycles. The van der Waals surface area contributed by atoms with E-state index in [0.717, 1.165) is 18.7 Å². The van der Waals surface area contributed by atoms with Gasteiger partial charge in [-0.1, -0.05) is 24.3 Å². The van der Waals surface area contributed by atoms with Crippen molar-refractivity contribution in [2.24, 2.45) is 0 Å². The quantitative estimate of drug-likeness (QED) is 0.903. The van der Waals surface area contributed by atoms with Gasteiger partial charge in [0.25, 0.3) is 0 Å². The van der Waals surface area contributed by atoms with Gasteiger partial charge in [-0.25, -0.2) is 4.39 Å². The molecule has 1 aromatic rings. The van der Waals surface area contributed by atoms with E-state index in [1.54, 1.807) is 12.1 Å². The van der Waals surface area contributed by atoms with E-state index < -0.39 is 0 Å². The number of aliphatic hydroxyl groups is 1. The fourth-order valence-corrected chi connectivity index (χ4v) is 2.14. The number of hydrogen-bond acceptors (Lipinski definition) is 3. The summed E-state index contributed by atoms with van der Waals surface area (Å²) in [5.41, 5.74) is 0.987. The van der Waals surface area contributed by atoms with Gasteiger partial charge < -0.3 is 9.84 Å². The van der Waals surface area contributed by atoms with E-state index in [4.69, 9.17) is 9.84 Å². The molecule has 1 N–H and O–H groups in total. The fraction of sp³-hybridized carbons (Fsp3) is 0.467. The van der Waals surface area contributed by atoms with Crippen LogP contribution in [0, 0.1) is 5.82 Å². The molecule has 2 atom stereocenters. The first-order valence-electron chi connectivity index (χ1n) is 6.57. The van der Waals surface area contributed by atoms with Crippen molar-refractivity contribution in [2.45, 2.75) is 19.1 Å². The van der Waals surface area contributed by atoms with Crippen LogP contribution >= 0.6 is 0 Å². The van der Waals surface area contributed by atoms with Gasteiger partial charge in [0.15, 0.2) is 0 Å². The first-order valence-corrected chi connectivity index (χ1v) is 6.57. The normalized spacial score (nSPS) is 25.0. The molecule has 0 bridgehead atoms. The van der Waals surface area contributed by atoms with Gasteiger partial charge in [-0.15, -0.1) is 0 Å². The van der Waals surface area contributed by atoms with Crippen LogP contribution in [-0.4, -0.2) is 48.5 Å².